The SMILES string of the molecule is CC1C(=O)NC(=O)CN1C(=O)N[C@@H](CO)C(=O)O. The van der Waals surface area contributed by atoms with Crippen LogP contribution in [0.25, 0.3) is 0 Å². The van der Waals surface area contributed by atoms with E-state index in [-0.39, 0.29) is 6.54 Å². The molecule has 0 spiro atoms. The minimum absolute atomic E-state index is 0.351. The number of imide groups is 1. The number of nitrogens with one attached hydrogen (secondary N) is 2. The number of carbonyl (C=O) groups excluding carboxylic acids is 3. The van der Waals surface area contributed by atoms with Crippen LogP contribution in [0.5, 0.6) is 0 Å². The van der Waals surface area contributed by atoms with E-state index >= 15 is 0 Å². The van der Waals surface area contributed by atoms with Gasteiger partial charge in [0.15, 0.2) is 6.04 Å². The number of carbonyl (C=O) groups is 4. The van der Waals surface area contributed by atoms with E-state index in [4.69, 9.17) is 10.2 Å². The second kappa shape index (κ2) is 5.45. The molecular weight excluding hydrogens is 246 g/mol. The Labute approximate surface area is 102 Å². The van der Waals surface area contributed by atoms with Crippen LogP contribution in [0.2, 0.25) is 0 Å². The van der Waals surface area contributed by atoms with Gasteiger partial charge in [-0.25, -0.2) is 9.59 Å². The van der Waals surface area contributed by atoms with Crippen LogP contribution >= 0.6 is 0 Å². The standard InChI is InChI=1S/C9H13N3O6/c1-4-7(15)11-6(14)2-12(4)9(18)10-5(3-13)8(16)17/h4-5,13H,2-3H2,1H3,(H,10,18)(H,16,17)(H,11,14,15)/t4?,5-/m0/s1. The molecule has 1 rings (SSSR count). The second-order valence-corrected chi connectivity index (χ2v) is 3.74. The van der Waals surface area contributed by atoms with Gasteiger partial charge in [0.25, 0.3) is 0 Å². The summed E-state index contributed by atoms with van der Waals surface area (Å²) < 4.78 is 0. The van der Waals surface area contributed by atoms with E-state index in [1.54, 1.807) is 0 Å². The first-order chi connectivity index (χ1) is 8.36. The first-order valence-corrected chi connectivity index (χ1v) is 5.11. The minimum Gasteiger partial charge on any atom is -0.480 e. The molecule has 0 aliphatic carbocycles. The summed E-state index contributed by atoms with van der Waals surface area (Å²) in [5, 5.41) is 21.5. The number of amides is 4. The molecule has 0 aromatic rings. The number of carboxylic acid groups (broad SMARTS) is 1. The van der Waals surface area contributed by atoms with Crippen molar-refractivity contribution in [1.29, 1.82) is 0 Å². The van der Waals surface area contributed by atoms with Crippen LogP contribution in [0.4, 0.5) is 4.79 Å². The fraction of sp³-hybridized carbons (Fsp3) is 0.556. The molecule has 0 radical (unpaired) electrons. The highest BCUT2D eigenvalue weighted by Crippen LogP contribution is 2.05. The third-order valence-corrected chi connectivity index (χ3v) is 2.46. The highest BCUT2D eigenvalue weighted by molar-refractivity contribution is 6.04. The molecule has 0 aromatic carbocycles. The molecule has 4 amide bonds. The van der Waals surface area contributed by atoms with Crippen molar-refractivity contribution >= 4 is 23.8 Å². The van der Waals surface area contributed by atoms with Gasteiger partial charge in [0.2, 0.25) is 11.8 Å². The summed E-state index contributed by atoms with van der Waals surface area (Å²) in [5.41, 5.74) is 0. The molecule has 1 fully saturated rings. The van der Waals surface area contributed by atoms with Crippen LogP contribution in [-0.4, -0.2) is 64.2 Å². The van der Waals surface area contributed by atoms with Gasteiger partial charge in [0, 0.05) is 0 Å². The fourth-order valence-corrected chi connectivity index (χ4v) is 1.38. The van der Waals surface area contributed by atoms with Crippen LogP contribution < -0.4 is 10.6 Å². The average Bonchev–Trinajstić information content (AvgIpc) is 2.29. The average molecular weight is 259 g/mol. The molecule has 9 heteroatoms. The molecule has 2 atom stereocenters. The Hall–Kier alpha value is -2.16. The van der Waals surface area contributed by atoms with Gasteiger partial charge in [0.1, 0.15) is 12.6 Å². The molecule has 1 unspecified atom stereocenters. The summed E-state index contributed by atoms with van der Waals surface area (Å²) in [6.07, 6.45) is 0. The van der Waals surface area contributed by atoms with Crippen LogP contribution in [0.1, 0.15) is 6.92 Å². The Morgan fingerprint density at radius 1 is 1.56 bits per heavy atom. The van der Waals surface area contributed by atoms with Gasteiger partial charge in [-0.2, -0.15) is 0 Å². The summed E-state index contributed by atoms with van der Waals surface area (Å²) in [7, 11) is 0. The molecule has 0 saturated carbocycles. The largest absolute Gasteiger partial charge is 0.480 e. The lowest BCUT2D eigenvalue weighted by Crippen LogP contribution is -2.62. The van der Waals surface area contributed by atoms with Crippen molar-refractivity contribution in [1.82, 2.24) is 15.5 Å². The minimum atomic E-state index is -1.48. The second-order valence-electron chi connectivity index (χ2n) is 3.74. The number of piperazine rings is 1. The molecule has 18 heavy (non-hydrogen) atoms. The predicted octanol–water partition coefficient (Wildman–Crippen LogP) is -2.51. The summed E-state index contributed by atoms with van der Waals surface area (Å²) in [6.45, 7) is 0.260. The normalized spacial score (nSPS) is 21.2. The summed E-state index contributed by atoms with van der Waals surface area (Å²) in [5.74, 6) is -2.70. The zero-order chi connectivity index (χ0) is 13.9. The molecule has 9 nitrogen and oxygen atoms in total. The van der Waals surface area contributed by atoms with Gasteiger partial charge < -0.3 is 20.4 Å². The van der Waals surface area contributed by atoms with Crippen molar-refractivity contribution in [3.63, 3.8) is 0 Å². The molecule has 4 N–H and O–H groups in total. The lowest BCUT2D eigenvalue weighted by atomic mass is 10.2. The maximum Gasteiger partial charge on any atom is 0.328 e. The molecule has 1 aliphatic rings. The van der Waals surface area contributed by atoms with Crippen LogP contribution in [0.15, 0.2) is 0 Å². The lowest BCUT2D eigenvalue weighted by Gasteiger charge is -2.32. The number of rotatable bonds is 3. The smallest absolute Gasteiger partial charge is 0.328 e. The Bertz CT molecular complexity index is 396. The van der Waals surface area contributed by atoms with Crippen molar-refractivity contribution in [3.05, 3.63) is 0 Å². The zero-order valence-electron chi connectivity index (χ0n) is 9.54. The number of carboxylic acids is 1. The van der Waals surface area contributed by atoms with E-state index in [0.717, 1.165) is 4.90 Å². The van der Waals surface area contributed by atoms with Crippen molar-refractivity contribution in [2.24, 2.45) is 0 Å². The van der Waals surface area contributed by atoms with Gasteiger partial charge in [-0.05, 0) is 6.92 Å². The maximum absolute atomic E-state index is 11.7. The molecule has 0 aromatic heterocycles. The number of hydrogen-bond acceptors (Lipinski definition) is 5. The third-order valence-electron chi connectivity index (χ3n) is 2.46. The first kappa shape index (κ1) is 13.9. The topological polar surface area (TPSA) is 136 Å². The Kier molecular flexibility index (Phi) is 4.21. The van der Waals surface area contributed by atoms with E-state index in [9.17, 15) is 19.2 Å². The molecule has 1 aliphatic heterocycles. The number of aliphatic hydroxyl groups excluding tert-OH is 1. The van der Waals surface area contributed by atoms with Crippen molar-refractivity contribution < 1.29 is 29.4 Å². The van der Waals surface area contributed by atoms with Gasteiger partial charge in [0.05, 0.1) is 6.61 Å². The molecule has 1 heterocycles. The number of aliphatic hydroxyl groups is 1. The van der Waals surface area contributed by atoms with E-state index in [1.165, 1.54) is 6.92 Å². The van der Waals surface area contributed by atoms with Crippen molar-refractivity contribution in [2.75, 3.05) is 13.2 Å². The van der Waals surface area contributed by atoms with E-state index in [1.807, 2.05) is 10.6 Å². The van der Waals surface area contributed by atoms with Crippen LogP contribution in [-0.2, 0) is 14.4 Å². The van der Waals surface area contributed by atoms with Crippen LogP contribution in [0, 0.1) is 0 Å². The monoisotopic (exact) mass is 259 g/mol. The summed E-state index contributed by atoms with van der Waals surface area (Å²) >= 11 is 0. The number of hydrogen-bond donors (Lipinski definition) is 4. The number of nitrogens with zero attached hydrogens (tertiary/aromatic N) is 1. The molecule has 100 valence electrons. The summed E-state index contributed by atoms with van der Waals surface area (Å²) in [4.78, 5) is 45.6. The molecule has 1 saturated heterocycles. The number of aliphatic carboxylic acids is 1. The van der Waals surface area contributed by atoms with Crippen molar-refractivity contribution in [2.45, 2.75) is 19.0 Å². The van der Waals surface area contributed by atoms with Gasteiger partial charge in [-0.3, -0.25) is 14.9 Å². The Balaban J connectivity index is 2.73. The lowest BCUT2D eigenvalue weighted by molar-refractivity contribution is -0.140. The maximum atomic E-state index is 11.7. The first-order valence-electron chi connectivity index (χ1n) is 5.11. The third kappa shape index (κ3) is 2.94. The number of urea groups is 1. The quantitative estimate of drug-likeness (QED) is 0.413. The van der Waals surface area contributed by atoms with E-state index < -0.39 is 42.5 Å². The zero-order valence-corrected chi connectivity index (χ0v) is 9.54. The van der Waals surface area contributed by atoms with E-state index in [0.29, 0.717) is 0 Å². The highest BCUT2D eigenvalue weighted by Gasteiger charge is 2.34. The molecular formula is C9H13N3O6. The van der Waals surface area contributed by atoms with E-state index in [2.05, 4.69) is 0 Å². The van der Waals surface area contributed by atoms with Gasteiger partial charge in [-0.1, -0.05) is 0 Å². The van der Waals surface area contributed by atoms with Crippen LogP contribution in [0.3, 0.4) is 0 Å². The Morgan fingerprint density at radius 2 is 2.17 bits per heavy atom. The van der Waals surface area contributed by atoms with Crippen molar-refractivity contribution in [3.8, 4) is 0 Å². The Morgan fingerprint density at radius 3 is 2.67 bits per heavy atom. The fourth-order valence-electron chi connectivity index (χ4n) is 1.38. The summed E-state index contributed by atoms with van der Waals surface area (Å²) in [6, 6.07) is -3.27. The highest BCUT2D eigenvalue weighted by atomic mass is 16.4. The van der Waals surface area contributed by atoms with Gasteiger partial charge in [-0.15, -0.1) is 0 Å². The van der Waals surface area contributed by atoms with Gasteiger partial charge >= 0.3 is 12.0 Å². The molecule has 0 bridgehead atoms. The predicted molar refractivity (Wildman–Crippen MR) is 56.4 cm³/mol.